The number of hydrogen-bond donors (Lipinski definition) is 1. The van der Waals surface area contributed by atoms with E-state index in [9.17, 15) is 8.42 Å². The lowest BCUT2D eigenvalue weighted by Gasteiger charge is -2.12. The lowest BCUT2D eigenvalue weighted by Crippen LogP contribution is -2.14. The summed E-state index contributed by atoms with van der Waals surface area (Å²) in [5.74, 6) is 0. The van der Waals surface area contributed by atoms with E-state index in [4.69, 9.17) is 0 Å². The molecule has 0 spiro atoms. The predicted octanol–water partition coefficient (Wildman–Crippen LogP) is 3.60. The van der Waals surface area contributed by atoms with Crippen LogP contribution in [0.1, 0.15) is 16.8 Å². The van der Waals surface area contributed by atoms with Crippen LogP contribution in [0.3, 0.4) is 0 Å². The van der Waals surface area contributed by atoms with Gasteiger partial charge in [-0.1, -0.05) is 23.8 Å². The lowest BCUT2D eigenvalue weighted by atomic mass is 10.2. The monoisotopic (exact) mass is 341 g/mol. The van der Waals surface area contributed by atoms with Crippen LogP contribution in [0.2, 0.25) is 0 Å². The van der Waals surface area contributed by atoms with Crippen molar-refractivity contribution in [2.45, 2.75) is 25.7 Å². The number of nitrogens with one attached hydrogen (secondary N) is 1. The summed E-state index contributed by atoms with van der Waals surface area (Å²) in [6, 6.07) is 14.4. The summed E-state index contributed by atoms with van der Waals surface area (Å²) >= 11 is 0. The van der Waals surface area contributed by atoms with Gasteiger partial charge >= 0.3 is 0 Å². The summed E-state index contributed by atoms with van der Waals surface area (Å²) in [5, 5.41) is 4.25. The first-order valence-corrected chi connectivity index (χ1v) is 9.06. The van der Waals surface area contributed by atoms with Crippen LogP contribution >= 0.6 is 0 Å². The SMILES string of the molecule is Cc1ccc(S(=O)(=O)Nc2cccc(-n3nccc3C)c2)c(C)c1. The molecule has 0 aliphatic carbocycles. The fraction of sp³-hybridized carbons (Fsp3) is 0.167. The minimum atomic E-state index is -3.64. The molecule has 1 aromatic heterocycles. The van der Waals surface area contributed by atoms with Gasteiger partial charge in [0.25, 0.3) is 10.0 Å². The average Bonchev–Trinajstić information content (AvgIpc) is 2.92. The molecule has 0 unspecified atom stereocenters. The van der Waals surface area contributed by atoms with E-state index in [1.807, 2.05) is 32.0 Å². The van der Waals surface area contributed by atoms with Crippen molar-refractivity contribution in [3.63, 3.8) is 0 Å². The molecule has 1 heterocycles. The first-order valence-electron chi connectivity index (χ1n) is 7.58. The van der Waals surface area contributed by atoms with E-state index in [1.54, 1.807) is 48.1 Å². The molecule has 0 fully saturated rings. The number of sulfonamides is 1. The number of aryl methyl sites for hydroxylation is 3. The van der Waals surface area contributed by atoms with Gasteiger partial charge in [0.2, 0.25) is 0 Å². The van der Waals surface area contributed by atoms with Crippen molar-refractivity contribution in [2.75, 3.05) is 4.72 Å². The third-order valence-electron chi connectivity index (χ3n) is 3.79. The molecule has 3 aromatic rings. The molecule has 2 aromatic carbocycles. The number of rotatable bonds is 4. The minimum Gasteiger partial charge on any atom is -0.280 e. The molecule has 0 aliphatic heterocycles. The van der Waals surface area contributed by atoms with E-state index in [2.05, 4.69) is 9.82 Å². The molecule has 5 nitrogen and oxygen atoms in total. The van der Waals surface area contributed by atoms with Gasteiger partial charge in [-0.05, 0) is 56.7 Å². The number of nitrogens with zero attached hydrogens (tertiary/aromatic N) is 2. The van der Waals surface area contributed by atoms with Gasteiger partial charge < -0.3 is 0 Å². The second-order valence-corrected chi connectivity index (χ2v) is 7.46. The molecule has 0 radical (unpaired) electrons. The maximum Gasteiger partial charge on any atom is 0.262 e. The summed E-state index contributed by atoms with van der Waals surface area (Å²) in [6.45, 7) is 5.68. The van der Waals surface area contributed by atoms with Gasteiger partial charge in [-0.3, -0.25) is 4.72 Å². The predicted molar refractivity (Wildman–Crippen MR) is 95.0 cm³/mol. The van der Waals surface area contributed by atoms with Crippen molar-refractivity contribution in [1.82, 2.24) is 9.78 Å². The summed E-state index contributed by atoms with van der Waals surface area (Å²) in [5.41, 5.74) is 4.04. The third kappa shape index (κ3) is 3.19. The standard InChI is InChI=1S/C18H19N3O2S/c1-13-7-8-18(14(2)11-13)24(22,23)20-16-5-4-6-17(12-16)21-15(3)9-10-19-21/h4-12,20H,1-3H3. The van der Waals surface area contributed by atoms with Crippen LogP contribution < -0.4 is 4.72 Å². The minimum absolute atomic E-state index is 0.286. The molecule has 6 heteroatoms. The molecule has 1 N–H and O–H groups in total. The van der Waals surface area contributed by atoms with Crippen molar-refractivity contribution in [2.24, 2.45) is 0 Å². The van der Waals surface area contributed by atoms with E-state index >= 15 is 0 Å². The molecule has 0 bridgehead atoms. The van der Waals surface area contributed by atoms with Crippen LogP contribution in [-0.4, -0.2) is 18.2 Å². The quantitative estimate of drug-likeness (QED) is 0.788. The Bertz CT molecular complexity index is 991. The lowest BCUT2D eigenvalue weighted by molar-refractivity contribution is 0.600. The summed E-state index contributed by atoms with van der Waals surface area (Å²) in [6.07, 6.45) is 1.71. The van der Waals surface area contributed by atoms with Gasteiger partial charge in [0, 0.05) is 11.9 Å². The molecular weight excluding hydrogens is 322 g/mol. The van der Waals surface area contributed by atoms with Crippen LogP contribution in [-0.2, 0) is 10.0 Å². The van der Waals surface area contributed by atoms with Crippen LogP contribution in [0.4, 0.5) is 5.69 Å². The van der Waals surface area contributed by atoms with Crippen molar-refractivity contribution >= 4 is 15.7 Å². The van der Waals surface area contributed by atoms with E-state index < -0.39 is 10.0 Å². The second kappa shape index (κ2) is 6.13. The molecular formula is C18H19N3O2S. The zero-order chi connectivity index (χ0) is 17.3. The zero-order valence-corrected chi connectivity index (χ0v) is 14.6. The Balaban J connectivity index is 1.95. The second-order valence-electron chi connectivity index (χ2n) is 5.81. The van der Waals surface area contributed by atoms with Crippen molar-refractivity contribution in [1.29, 1.82) is 0 Å². The zero-order valence-electron chi connectivity index (χ0n) is 13.8. The Kier molecular flexibility index (Phi) is 4.15. The fourth-order valence-corrected chi connectivity index (χ4v) is 3.93. The molecule has 24 heavy (non-hydrogen) atoms. The molecule has 0 atom stereocenters. The number of hydrogen-bond acceptors (Lipinski definition) is 3. The fourth-order valence-electron chi connectivity index (χ4n) is 2.65. The van der Waals surface area contributed by atoms with Gasteiger partial charge in [-0.2, -0.15) is 5.10 Å². The highest BCUT2D eigenvalue weighted by Crippen LogP contribution is 2.22. The van der Waals surface area contributed by atoms with Crippen molar-refractivity contribution in [3.05, 3.63) is 71.5 Å². The van der Waals surface area contributed by atoms with Gasteiger partial charge in [-0.15, -0.1) is 0 Å². The Morgan fingerprint density at radius 2 is 1.79 bits per heavy atom. The van der Waals surface area contributed by atoms with Crippen molar-refractivity contribution in [3.8, 4) is 5.69 Å². The molecule has 0 aliphatic rings. The highest BCUT2D eigenvalue weighted by Gasteiger charge is 2.17. The van der Waals surface area contributed by atoms with Crippen molar-refractivity contribution < 1.29 is 8.42 Å². The molecule has 0 saturated carbocycles. The normalized spacial score (nSPS) is 11.5. The van der Waals surface area contributed by atoms with Gasteiger partial charge in [-0.25, -0.2) is 13.1 Å². The van der Waals surface area contributed by atoms with Crippen LogP contribution in [0, 0.1) is 20.8 Å². The summed E-state index contributed by atoms with van der Waals surface area (Å²) in [4.78, 5) is 0.286. The van der Waals surface area contributed by atoms with Crippen LogP contribution in [0.25, 0.3) is 5.69 Å². The highest BCUT2D eigenvalue weighted by molar-refractivity contribution is 7.92. The average molecular weight is 341 g/mol. The maximum atomic E-state index is 12.7. The summed E-state index contributed by atoms with van der Waals surface area (Å²) in [7, 11) is -3.64. The Labute approximate surface area is 142 Å². The Morgan fingerprint density at radius 1 is 1.00 bits per heavy atom. The number of anilines is 1. The van der Waals surface area contributed by atoms with E-state index in [0.717, 1.165) is 22.5 Å². The first-order chi connectivity index (χ1) is 11.4. The molecule has 124 valence electrons. The molecule has 3 rings (SSSR count). The van der Waals surface area contributed by atoms with Gasteiger partial charge in [0.05, 0.1) is 16.3 Å². The highest BCUT2D eigenvalue weighted by atomic mass is 32.2. The van der Waals surface area contributed by atoms with E-state index in [-0.39, 0.29) is 4.90 Å². The molecule has 0 amide bonds. The number of benzene rings is 2. The number of aromatic nitrogens is 2. The Morgan fingerprint density at radius 3 is 2.46 bits per heavy atom. The summed E-state index contributed by atoms with van der Waals surface area (Å²) < 4.78 is 29.7. The van der Waals surface area contributed by atoms with E-state index in [1.165, 1.54) is 0 Å². The van der Waals surface area contributed by atoms with Crippen LogP contribution in [0.15, 0.2) is 59.6 Å². The third-order valence-corrected chi connectivity index (χ3v) is 5.34. The largest absolute Gasteiger partial charge is 0.280 e. The van der Waals surface area contributed by atoms with Gasteiger partial charge in [0.1, 0.15) is 0 Å². The first kappa shape index (κ1) is 16.3. The van der Waals surface area contributed by atoms with Crippen LogP contribution in [0.5, 0.6) is 0 Å². The molecule has 0 saturated heterocycles. The maximum absolute atomic E-state index is 12.7. The van der Waals surface area contributed by atoms with E-state index in [0.29, 0.717) is 5.69 Å². The topological polar surface area (TPSA) is 64.0 Å². The smallest absolute Gasteiger partial charge is 0.262 e. The Hall–Kier alpha value is -2.60. The van der Waals surface area contributed by atoms with Gasteiger partial charge in [0.15, 0.2) is 0 Å².